The first-order valence-corrected chi connectivity index (χ1v) is 15.4. The molecule has 0 fully saturated rings. The van der Waals surface area contributed by atoms with Gasteiger partial charge in [0.1, 0.15) is 18.1 Å². The summed E-state index contributed by atoms with van der Waals surface area (Å²) < 4.78 is 7.72. The first kappa shape index (κ1) is 25.3. The first-order valence-electron chi connectivity index (χ1n) is 11.7. The summed E-state index contributed by atoms with van der Waals surface area (Å²) in [6, 6.07) is 9.68. The minimum absolute atomic E-state index is 0.0591. The molecule has 0 aliphatic rings. The van der Waals surface area contributed by atoms with Crippen molar-refractivity contribution in [2.75, 3.05) is 6.61 Å². The maximum Gasteiger partial charge on any atom is 0.352 e. The van der Waals surface area contributed by atoms with Gasteiger partial charge in [-0.1, -0.05) is 19.6 Å². The number of H-pyrrole nitrogens is 1. The van der Waals surface area contributed by atoms with E-state index in [9.17, 15) is 14.7 Å². The fourth-order valence-electron chi connectivity index (χ4n) is 3.66. The van der Waals surface area contributed by atoms with Crippen molar-refractivity contribution in [2.45, 2.75) is 45.9 Å². The maximum absolute atomic E-state index is 13.2. The van der Waals surface area contributed by atoms with Crippen LogP contribution in [0.1, 0.15) is 32.4 Å². The standard InChI is InChI=1S/C25H30N6O4Si/c1-16-22(19-6-5-18-20(29-19)13-21(28-18)25(33)34)30-23(31(16)15-35-11-12-36(2,3)4)24(32)27-14-17-7-9-26-10-8-17/h5-10,13,28H,11-12,14-15H2,1-4H3,(H,27,32)(H,33,34). The lowest BCUT2D eigenvalue weighted by atomic mass is 10.2. The Kier molecular flexibility index (Phi) is 7.31. The van der Waals surface area contributed by atoms with Crippen molar-refractivity contribution < 1.29 is 19.4 Å². The molecule has 3 N–H and O–H groups in total. The van der Waals surface area contributed by atoms with Crippen molar-refractivity contribution in [3.05, 3.63) is 65.5 Å². The fourth-order valence-corrected chi connectivity index (χ4v) is 4.42. The number of hydrogen-bond acceptors (Lipinski definition) is 6. The molecule has 0 bridgehead atoms. The predicted molar refractivity (Wildman–Crippen MR) is 139 cm³/mol. The third-order valence-corrected chi connectivity index (χ3v) is 7.50. The average Bonchev–Trinajstić information content (AvgIpc) is 3.41. The Morgan fingerprint density at radius 3 is 2.58 bits per heavy atom. The number of carboxylic acid groups (broad SMARTS) is 1. The molecule has 1 amide bonds. The Labute approximate surface area is 209 Å². The largest absolute Gasteiger partial charge is 0.477 e. The Hall–Kier alpha value is -3.83. The number of hydrogen-bond donors (Lipinski definition) is 3. The highest BCUT2D eigenvalue weighted by atomic mass is 28.3. The minimum Gasteiger partial charge on any atom is -0.477 e. The molecule has 0 spiro atoms. The summed E-state index contributed by atoms with van der Waals surface area (Å²) in [6.07, 6.45) is 3.35. The number of amides is 1. The Morgan fingerprint density at radius 1 is 1.14 bits per heavy atom. The molecule has 10 nitrogen and oxygen atoms in total. The number of imidazole rings is 1. The lowest BCUT2D eigenvalue weighted by molar-refractivity contribution is 0.0691. The Bertz CT molecular complexity index is 1390. The van der Waals surface area contributed by atoms with Crippen molar-refractivity contribution in [2.24, 2.45) is 0 Å². The number of aromatic amines is 1. The number of pyridine rings is 2. The summed E-state index contributed by atoms with van der Waals surface area (Å²) >= 11 is 0. The van der Waals surface area contributed by atoms with Gasteiger partial charge in [0, 0.05) is 39.3 Å². The summed E-state index contributed by atoms with van der Waals surface area (Å²) in [5, 5.41) is 12.2. The van der Waals surface area contributed by atoms with E-state index >= 15 is 0 Å². The molecular weight excluding hydrogens is 476 g/mol. The number of aromatic carboxylic acids is 1. The normalized spacial score (nSPS) is 11.7. The summed E-state index contributed by atoms with van der Waals surface area (Å²) in [5.41, 5.74) is 3.92. The molecule has 4 heterocycles. The number of nitrogens with zero attached hydrogens (tertiary/aromatic N) is 4. The maximum atomic E-state index is 13.2. The SMILES string of the molecule is Cc1c(-c2ccc3[nH]c(C(=O)O)cc3n2)nc(C(=O)NCc2ccncc2)n1COCC[Si](C)(C)C. The van der Waals surface area contributed by atoms with Crippen LogP contribution in [-0.2, 0) is 18.0 Å². The highest BCUT2D eigenvalue weighted by molar-refractivity contribution is 6.76. The van der Waals surface area contributed by atoms with Crippen LogP contribution in [0.2, 0.25) is 25.7 Å². The van der Waals surface area contributed by atoms with E-state index in [1.54, 1.807) is 29.1 Å². The second-order valence-electron chi connectivity index (χ2n) is 9.80. The molecule has 0 unspecified atom stereocenters. The molecule has 0 aliphatic carbocycles. The van der Waals surface area contributed by atoms with Gasteiger partial charge >= 0.3 is 5.97 Å². The van der Waals surface area contributed by atoms with E-state index in [1.165, 1.54) is 6.07 Å². The smallest absolute Gasteiger partial charge is 0.352 e. The number of aromatic nitrogens is 5. The summed E-state index contributed by atoms with van der Waals surface area (Å²) in [4.78, 5) is 40.6. The second-order valence-corrected chi connectivity index (χ2v) is 15.4. The number of fused-ring (bicyclic) bond motifs is 1. The van der Waals surface area contributed by atoms with Crippen LogP contribution >= 0.6 is 0 Å². The van der Waals surface area contributed by atoms with Crippen molar-refractivity contribution in [3.63, 3.8) is 0 Å². The molecular formula is C25H30N6O4Si. The number of carbonyl (C=O) groups is 2. The molecule has 0 saturated carbocycles. The number of carbonyl (C=O) groups excluding carboxylic acids is 1. The second kappa shape index (κ2) is 10.4. The predicted octanol–water partition coefficient (Wildman–Crippen LogP) is 4.07. The number of nitrogens with one attached hydrogen (secondary N) is 2. The van der Waals surface area contributed by atoms with E-state index < -0.39 is 14.0 Å². The van der Waals surface area contributed by atoms with Gasteiger partial charge in [-0.3, -0.25) is 14.3 Å². The van der Waals surface area contributed by atoms with Crippen LogP contribution in [0.15, 0.2) is 42.7 Å². The third-order valence-electron chi connectivity index (χ3n) is 5.79. The molecule has 0 radical (unpaired) electrons. The topological polar surface area (TPSA) is 135 Å². The molecule has 4 rings (SSSR count). The average molecular weight is 507 g/mol. The van der Waals surface area contributed by atoms with Gasteiger partial charge in [-0.15, -0.1) is 0 Å². The third kappa shape index (κ3) is 5.86. The van der Waals surface area contributed by atoms with Crippen LogP contribution in [0, 0.1) is 6.92 Å². The fraction of sp³-hybridized carbons (Fsp3) is 0.320. The molecule has 4 aromatic rings. The van der Waals surface area contributed by atoms with Crippen molar-refractivity contribution in [1.82, 2.24) is 29.8 Å². The molecule has 36 heavy (non-hydrogen) atoms. The molecule has 11 heteroatoms. The van der Waals surface area contributed by atoms with Crippen LogP contribution in [0.4, 0.5) is 0 Å². The van der Waals surface area contributed by atoms with Gasteiger partial charge in [-0.25, -0.2) is 14.8 Å². The molecule has 188 valence electrons. The monoisotopic (exact) mass is 506 g/mol. The number of rotatable bonds is 10. The van der Waals surface area contributed by atoms with E-state index in [4.69, 9.17) is 4.74 Å². The highest BCUT2D eigenvalue weighted by Gasteiger charge is 2.22. The molecule has 0 aromatic carbocycles. The van der Waals surface area contributed by atoms with Crippen LogP contribution in [0.25, 0.3) is 22.4 Å². The summed E-state index contributed by atoms with van der Waals surface area (Å²) in [7, 11) is -1.26. The van der Waals surface area contributed by atoms with Crippen molar-refractivity contribution >= 4 is 31.0 Å². The number of ether oxygens (including phenoxy) is 1. The molecule has 0 saturated heterocycles. The zero-order valence-electron chi connectivity index (χ0n) is 20.8. The summed E-state index contributed by atoms with van der Waals surface area (Å²) in [5.74, 6) is -1.16. The zero-order chi connectivity index (χ0) is 25.9. The molecule has 4 aromatic heterocycles. The molecule has 0 aliphatic heterocycles. The van der Waals surface area contributed by atoms with Gasteiger partial charge in [0.05, 0.1) is 16.7 Å². The zero-order valence-corrected chi connectivity index (χ0v) is 21.8. The van der Waals surface area contributed by atoms with Gasteiger partial charge in [-0.2, -0.15) is 0 Å². The lowest BCUT2D eigenvalue weighted by Gasteiger charge is -2.16. The van der Waals surface area contributed by atoms with E-state index in [0.717, 1.165) is 17.3 Å². The van der Waals surface area contributed by atoms with Crippen LogP contribution in [-0.4, -0.2) is 56.2 Å². The van der Waals surface area contributed by atoms with Gasteiger partial charge in [-0.05, 0) is 48.9 Å². The van der Waals surface area contributed by atoms with E-state index in [1.807, 2.05) is 19.1 Å². The Balaban J connectivity index is 1.64. The van der Waals surface area contributed by atoms with E-state index in [2.05, 4.69) is 44.9 Å². The van der Waals surface area contributed by atoms with Crippen LogP contribution in [0.5, 0.6) is 0 Å². The lowest BCUT2D eigenvalue weighted by Crippen LogP contribution is -2.27. The molecule has 0 atom stereocenters. The van der Waals surface area contributed by atoms with Gasteiger partial charge in [0.25, 0.3) is 5.91 Å². The first-order chi connectivity index (χ1) is 17.1. The van der Waals surface area contributed by atoms with E-state index in [-0.39, 0.29) is 24.2 Å². The highest BCUT2D eigenvalue weighted by Crippen LogP contribution is 2.25. The number of carboxylic acids is 1. The van der Waals surface area contributed by atoms with E-state index in [0.29, 0.717) is 35.6 Å². The van der Waals surface area contributed by atoms with Gasteiger partial charge < -0.3 is 20.1 Å². The Morgan fingerprint density at radius 2 is 1.89 bits per heavy atom. The quantitative estimate of drug-likeness (QED) is 0.218. The minimum atomic E-state index is -1.26. The van der Waals surface area contributed by atoms with Gasteiger partial charge in [0.15, 0.2) is 0 Å². The van der Waals surface area contributed by atoms with Crippen molar-refractivity contribution in [3.8, 4) is 11.4 Å². The van der Waals surface area contributed by atoms with Crippen molar-refractivity contribution in [1.29, 1.82) is 0 Å². The van der Waals surface area contributed by atoms with Crippen LogP contribution in [0.3, 0.4) is 0 Å². The summed E-state index contributed by atoms with van der Waals surface area (Å²) in [6.45, 7) is 9.86. The van der Waals surface area contributed by atoms with Gasteiger partial charge in [0.2, 0.25) is 5.82 Å². The van der Waals surface area contributed by atoms with Crippen LogP contribution < -0.4 is 5.32 Å².